The van der Waals surface area contributed by atoms with Crippen molar-refractivity contribution in [1.29, 1.82) is 0 Å². The molecule has 26 heavy (non-hydrogen) atoms. The van der Waals surface area contributed by atoms with Crippen molar-refractivity contribution in [1.82, 2.24) is 9.78 Å². The summed E-state index contributed by atoms with van der Waals surface area (Å²) in [5.74, 6) is -0.475. The Labute approximate surface area is 153 Å². The van der Waals surface area contributed by atoms with Gasteiger partial charge in [0, 0.05) is 10.9 Å². The Hall–Kier alpha value is -3.25. The first-order chi connectivity index (χ1) is 12.6. The van der Waals surface area contributed by atoms with E-state index in [1.54, 1.807) is 35.6 Å². The summed E-state index contributed by atoms with van der Waals surface area (Å²) in [4.78, 5) is 25.1. The van der Waals surface area contributed by atoms with Gasteiger partial charge in [-0.05, 0) is 35.2 Å². The van der Waals surface area contributed by atoms with Crippen LogP contribution in [0.5, 0.6) is 0 Å². The molecule has 0 aliphatic rings. The molecule has 2 aromatic carbocycles. The molecule has 2 heterocycles. The Bertz CT molecular complexity index is 1150. The number of benzene rings is 2. The van der Waals surface area contributed by atoms with E-state index in [0.717, 1.165) is 21.5 Å². The number of amides is 1. The normalized spacial score (nSPS) is 10.9. The Morgan fingerprint density at radius 3 is 2.38 bits per heavy atom. The SMILES string of the molecule is NC(=O)c1ccc(Cn2nc(-c3cccs3)c3ccccc3c2=O)cc1. The zero-order valence-corrected chi connectivity index (χ0v) is 14.6. The molecule has 4 rings (SSSR count). The third kappa shape index (κ3) is 2.91. The Kier molecular flexibility index (Phi) is 4.10. The minimum absolute atomic E-state index is 0.139. The highest BCUT2D eigenvalue weighted by atomic mass is 32.1. The molecule has 1 amide bonds. The van der Waals surface area contributed by atoms with E-state index in [1.807, 2.05) is 41.8 Å². The molecule has 2 N–H and O–H groups in total. The average molecular weight is 361 g/mol. The molecule has 6 heteroatoms. The van der Waals surface area contributed by atoms with Gasteiger partial charge in [0.15, 0.2) is 0 Å². The van der Waals surface area contributed by atoms with Crippen molar-refractivity contribution < 1.29 is 4.79 Å². The molecule has 0 bridgehead atoms. The third-order valence-corrected chi connectivity index (χ3v) is 5.07. The highest BCUT2D eigenvalue weighted by Crippen LogP contribution is 2.28. The third-order valence-electron chi connectivity index (χ3n) is 4.19. The largest absolute Gasteiger partial charge is 0.366 e. The highest BCUT2D eigenvalue weighted by molar-refractivity contribution is 7.13. The van der Waals surface area contributed by atoms with Gasteiger partial charge in [-0.2, -0.15) is 5.10 Å². The summed E-state index contributed by atoms with van der Waals surface area (Å²) in [6.45, 7) is 0.321. The molecule has 0 saturated heterocycles. The van der Waals surface area contributed by atoms with E-state index in [9.17, 15) is 9.59 Å². The fraction of sp³-hybridized carbons (Fsp3) is 0.0500. The lowest BCUT2D eigenvalue weighted by Gasteiger charge is -2.10. The summed E-state index contributed by atoms with van der Waals surface area (Å²) in [7, 11) is 0. The van der Waals surface area contributed by atoms with Gasteiger partial charge in [-0.15, -0.1) is 11.3 Å². The van der Waals surface area contributed by atoms with E-state index in [1.165, 1.54) is 4.68 Å². The molecule has 128 valence electrons. The van der Waals surface area contributed by atoms with Gasteiger partial charge in [0.05, 0.1) is 16.8 Å². The quantitative estimate of drug-likeness (QED) is 0.606. The zero-order valence-electron chi connectivity index (χ0n) is 13.8. The number of thiophene rings is 1. The molecule has 2 aromatic heterocycles. The van der Waals surface area contributed by atoms with Crippen molar-refractivity contribution in [3.05, 3.63) is 87.5 Å². The van der Waals surface area contributed by atoms with Crippen LogP contribution in [0.1, 0.15) is 15.9 Å². The average Bonchev–Trinajstić information content (AvgIpc) is 3.19. The fourth-order valence-corrected chi connectivity index (χ4v) is 3.61. The zero-order chi connectivity index (χ0) is 18.1. The van der Waals surface area contributed by atoms with Gasteiger partial charge >= 0.3 is 0 Å². The van der Waals surface area contributed by atoms with Crippen molar-refractivity contribution in [2.75, 3.05) is 0 Å². The first kappa shape index (κ1) is 16.2. The van der Waals surface area contributed by atoms with Crippen LogP contribution in [0.3, 0.4) is 0 Å². The van der Waals surface area contributed by atoms with Crippen molar-refractivity contribution in [3.63, 3.8) is 0 Å². The highest BCUT2D eigenvalue weighted by Gasteiger charge is 2.13. The number of nitrogens with zero attached hydrogens (tertiary/aromatic N) is 2. The number of rotatable bonds is 4. The molecule has 0 spiro atoms. The topological polar surface area (TPSA) is 78.0 Å². The van der Waals surface area contributed by atoms with E-state index >= 15 is 0 Å². The van der Waals surface area contributed by atoms with Crippen LogP contribution in [0.25, 0.3) is 21.3 Å². The Morgan fingerprint density at radius 1 is 1.00 bits per heavy atom. The summed E-state index contributed by atoms with van der Waals surface area (Å²) in [5, 5.41) is 8.09. The van der Waals surface area contributed by atoms with Crippen LogP contribution in [-0.2, 0) is 6.54 Å². The molecule has 0 unspecified atom stereocenters. The molecule has 0 radical (unpaired) electrons. The maximum Gasteiger partial charge on any atom is 0.274 e. The molecule has 0 atom stereocenters. The molecule has 0 fully saturated rings. The van der Waals surface area contributed by atoms with Crippen molar-refractivity contribution in [2.24, 2.45) is 5.73 Å². The molecule has 0 aliphatic carbocycles. The molecule has 4 aromatic rings. The maximum atomic E-state index is 12.9. The van der Waals surface area contributed by atoms with E-state index in [2.05, 4.69) is 5.10 Å². The predicted octanol–water partition coefficient (Wildman–Crippen LogP) is 3.27. The first-order valence-electron chi connectivity index (χ1n) is 8.06. The summed E-state index contributed by atoms with van der Waals surface area (Å²) in [6.07, 6.45) is 0. The van der Waals surface area contributed by atoms with Gasteiger partial charge in [0.2, 0.25) is 5.91 Å². The second-order valence-electron chi connectivity index (χ2n) is 5.90. The summed E-state index contributed by atoms with van der Waals surface area (Å²) in [6, 6.07) is 18.4. The van der Waals surface area contributed by atoms with Crippen LogP contribution in [0.15, 0.2) is 70.8 Å². The van der Waals surface area contributed by atoms with Crippen LogP contribution in [0.2, 0.25) is 0 Å². The molecule has 5 nitrogen and oxygen atoms in total. The lowest BCUT2D eigenvalue weighted by molar-refractivity contribution is 0.100. The van der Waals surface area contributed by atoms with Crippen LogP contribution >= 0.6 is 11.3 Å². The smallest absolute Gasteiger partial charge is 0.274 e. The van der Waals surface area contributed by atoms with Gasteiger partial charge in [-0.3, -0.25) is 9.59 Å². The monoisotopic (exact) mass is 361 g/mol. The van der Waals surface area contributed by atoms with Gasteiger partial charge in [-0.1, -0.05) is 36.4 Å². The van der Waals surface area contributed by atoms with Crippen LogP contribution in [-0.4, -0.2) is 15.7 Å². The van der Waals surface area contributed by atoms with Crippen LogP contribution < -0.4 is 11.3 Å². The second kappa shape index (κ2) is 6.57. The number of hydrogen-bond acceptors (Lipinski definition) is 4. The number of hydrogen-bond donors (Lipinski definition) is 1. The summed E-state index contributed by atoms with van der Waals surface area (Å²) >= 11 is 1.59. The summed E-state index contributed by atoms with van der Waals surface area (Å²) < 4.78 is 1.47. The number of carbonyl (C=O) groups is 1. The minimum atomic E-state index is -0.475. The van der Waals surface area contributed by atoms with Crippen molar-refractivity contribution in [3.8, 4) is 10.6 Å². The standard InChI is InChI=1S/C20H15N3O2S/c21-19(24)14-9-7-13(8-10-14)12-23-20(25)16-5-2-1-4-15(16)18(22-23)17-6-3-11-26-17/h1-11H,12H2,(H2,21,24). The Morgan fingerprint density at radius 2 is 1.73 bits per heavy atom. The number of carbonyl (C=O) groups excluding carboxylic acids is 1. The predicted molar refractivity (Wildman–Crippen MR) is 103 cm³/mol. The van der Waals surface area contributed by atoms with Crippen molar-refractivity contribution in [2.45, 2.75) is 6.54 Å². The van der Waals surface area contributed by atoms with Gasteiger partial charge in [-0.25, -0.2) is 4.68 Å². The number of fused-ring (bicyclic) bond motifs is 1. The van der Waals surface area contributed by atoms with Crippen LogP contribution in [0, 0.1) is 0 Å². The van der Waals surface area contributed by atoms with Crippen molar-refractivity contribution >= 4 is 28.0 Å². The molecule has 0 saturated carbocycles. The van der Waals surface area contributed by atoms with Gasteiger partial charge in [0.25, 0.3) is 5.56 Å². The summed E-state index contributed by atoms with van der Waals surface area (Å²) in [5.41, 5.74) is 7.24. The first-order valence-corrected chi connectivity index (χ1v) is 8.94. The number of aromatic nitrogens is 2. The number of nitrogens with two attached hydrogens (primary N) is 1. The minimum Gasteiger partial charge on any atom is -0.366 e. The molecule has 0 aliphatic heterocycles. The molecular formula is C20H15N3O2S. The maximum absolute atomic E-state index is 12.9. The second-order valence-corrected chi connectivity index (χ2v) is 6.84. The Balaban J connectivity index is 1.83. The van der Waals surface area contributed by atoms with E-state index in [0.29, 0.717) is 17.5 Å². The van der Waals surface area contributed by atoms with E-state index in [4.69, 9.17) is 5.73 Å². The fourth-order valence-electron chi connectivity index (χ4n) is 2.88. The lowest BCUT2D eigenvalue weighted by Crippen LogP contribution is -2.24. The lowest BCUT2D eigenvalue weighted by atomic mass is 10.1. The van der Waals surface area contributed by atoms with E-state index in [-0.39, 0.29) is 5.56 Å². The van der Waals surface area contributed by atoms with Gasteiger partial charge < -0.3 is 5.73 Å². The number of primary amides is 1. The van der Waals surface area contributed by atoms with Crippen LogP contribution in [0.4, 0.5) is 0 Å². The van der Waals surface area contributed by atoms with E-state index < -0.39 is 5.91 Å². The van der Waals surface area contributed by atoms with Gasteiger partial charge in [0.1, 0.15) is 5.69 Å². The molecular weight excluding hydrogens is 346 g/mol.